The van der Waals surface area contributed by atoms with Crippen molar-refractivity contribution in [3.05, 3.63) is 98.2 Å². The maximum Gasteiger partial charge on any atom is 0.162 e. The van der Waals surface area contributed by atoms with E-state index in [1.807, 2.05) is 49.4 Å². The van der Waals surface area contributed by atoms with Crippen molar-refractivity contribution in [3.8, 4) is 11.5 Å². The van der Waals surface area contributed by atoms with E-state index in [4.69, 9.17) is 4.74 Å². The van der Waals surface area contributed by atoms with Gasteiger partial charge in [0.1, 0.15) is 12.0 Å². The van der Waals surface area contributed by atoms with Crippen molar-refractivity contribution >= 4 is 37.6 Å². The lowest BCUT2D eigenvalue weighted by molar-refractivity contribution is 0.314. The van der Waals surface area contributed by atoms with Crippen LogP contribution in [0.2, 0.25) is 0 Å². The predicted molar refractivity (Wildman–Crippen MR) is 127 cm³/mol. The van der Waals surface area contributed by atoms with Gasteiger partial charge in [-0.25, -0.2) is 4.39 Å². The Bertz CT molecular complexity index is 1140. The molecule has 4 rings (SSSR count). The van der Waals surface area contributed by atoms with E-state index in [0.29, 0.717) is 23.5 Å². The minimum Gasteiger partial charge on any atom is -0.504 e. The molecule has 4 nitrogen and oxygen atoms in total. The molecule has 0 saturated carbocycles. The first-order chi connectivity index (χ1) is 15.0. The lowest BCUT2D eigenvalue weighted by Gasteiger charge is -2.33. The highest BCUT2D eigenvalue weighted by atomic mass is 79.9. The number of phenols is 1. The van der Waals surface area contributed by atoms with Gasteiger partial charge in [0.15, 0.2) is 11.5 Å². The van der Waals surface area contributed by atoms with E-state index >= 15 is 0 Å². The minimum absolute atomic E-state index is 0.0713. The Morgan fingerprint density at radius 1 is 1.00 bits per heavy atom. The van der Waals surface area contributed by atoms with Crippen LogP contribution in [0.25, 0.3) is 5.70 Å². The van der Waals surface area contributed by atoms with Crippen molar-refractivity contribution in [2.24, 2.45) is 0 Å². The van der Waals surface area contributed by atoms with Gasteiger partial charge < -0.3 is 15.2 Å². The van der Waals surface area contributed by atoms with Gasteiger partial charge in [0.2, 0.25) is 0 Å². The molecule has 1 aliphatic rings. The normalized spacial score (nSPS) is 18.3. The summed E-state index contributed by atoms with van der Waals surface area (Å²) in [6, 6.07) is 17.7. The zero-order valence-corrected chi connectivity index (χ0v) is 19.9. The Morgan fingerprint density at radius 2 is 1.77 bits per heavy atom. The smallest absolute Gasteiger partial charge is 0.162 e. The third-order valence-electron chi connectivity index (χ3n) is 5.05. The summed E-state index contributed by atoms with van der Waals surface area (Å²) in [7, 11) is 0. The average Bonchev–Trinajstić information content (AvgIpc) is 2.77. The van der Waals surface area contributed by atoms with Gasteiger partial charge in [-0.2, -0.15) is 0 Å². The number of rotatable bonds is 5. The number of hydrogen-bond donors (Lipinski definition) is 3. The van der Waals surface area contributed by atoms with Gasteiger partial charge >= 0.3 is 0 Å². The van der Waals surface area contributed by atoms with Crippen molar-refractivity contribution in [1.29, 1.82) is 0 Å². The fourth-order valence-corrected chi connectivity index (χ4v) is 4.40. The van der Waals surface area contributed by atoms with E-state index in [9.17, 15) is 9.50 Å². The topological polar surface area (TPSA) is 53.5 Å². The van der Waals surface area contributed by atoms with E-state index in [0.717, 1.165) is 20.2 Å². The van der Waals surface area contributed by atoms with Crippen molar-refractivity contribution in [2.75, 3.05) is 6.61 Å². The number of aromatic hydroxyl groups is 1. The predicted octanol–water partition coefficient (Wildman–Crippen LogP) is 6.43. The number of benzene rings is 3. The Hall–Kier alpha value is -2.35. The van der Waals surface area contributed by atoms with E-state index in [-0.39, 0.29) is 17.6 Å². The number of phenolic OH excluding ortho intramolecular Hbond substituents is 1. The van der Waals surface area contributed by atoms with Crippen LogP contribution in [0.4, 0.5) is 4.39 Å². The van der Waals surface area contributed by atoms with Crippen LogP contribution in [0.5, 0.6) is 11.5 Å². The van der Waals surface area contributed by atoms with Gasteiger partial charge in [0.25, 0.3) is 0 Å². The summed E-state index contributed by atoms with van der Waals surface area (Å²) in [5.74, 6) is 0.166. The molecule has 0 fully saturated rings. The molecule has 2 unspecified atom stereocenters. The van der Waals surface area contributed by atoms with Gasteiger partial charge in [0, 0.05) is 25.8 Å². The molecule has 0 radical (unpaired) electrons. The van der Waals surface area contributed by atoms with Crippen LogP contribution in [-0.2, 0) is 0 Å². The lowest BCUT2D eigenvalue weighted by atomic mass is 9.97. The highest BCUT2D eigenvalue weighted by molar-refractivity contribution is 9.10. The fraction of sp³-hybridized carbons (Fsp3) is 0.167. The molecule has 2 atom stereocenters. The van der Waals surface area contributed by atoms with Gasteiger partial charge in [-0.3, -0.25) is 5.32 Å². The number of nitrogens with one attached hydrogen (secondary N) is 2. The van der Waals surface area contributed by atoms with Gasteiger partial charge in [-0.05, 0) is 55.0 Å². The van der Waals surface area contributed by atoms with E-state index < -0.39 is 6.17 Å². The largest absolute Gasteiger partial charge is 0.504 e. The van der Waals surface area contributed by atoms with Crippen LogP contribution in [0.1, 0.15) is 35.8 Å². The molecule has 160 valence electrons. The van der Waals surface area contributed by atoms with E-state index in [1.165, 1.54) is 6.07 Å². The van der Waals surface area contributed by atoms with Crippen LogP contribution >= 0.6 is 31.9 Å². The molecule has 3 aromatic carbocycles. The average molecular weight is 548 g/mol. The number of hydrogen-bond acceptors (Lipinski definition) is 4. The molecule has 1 aliphatic heterocycles. The molecule has 3 N–H and O–H groups in total. The highest BCUT2D eigenvalue weighted by Crippen LogP contribution is 2.38. The molecule has 1 heterocycles. The van der Waals surface area contributed by atoms with Crippen LogP contribution in [0.3, 0.4) is 0 Å². The molecule has 31 heavy (non-hydrogen) atoms. The van der Waals surface area contributed by atoms with Gasteiger partial charge in [-0.1, -0.05) is 56.1 Å². The molecule has 0 aliphatic carbocycles. The zero-order valence-electron chi connectivity index (χ0n) is 16.7. The first kappa shape index (κ1) is 21.9. The van der Waals surface area contributed by atoms with Gasteiger partial charge in [-0.15, -0.1) is 0 Å². The Balaban J connectivity index is 1.80. The lowest BCUT2D eigenvalue weighted by Crippen LogP contribution is -2.40. The summed E-state index contributed by atoms with van der Waals surface area (Å²) in [5.41, 5.74) is 2.90. The quantitative estimate of drug-likeness (QED) is 0.344. The molecule has 0 saturated heterocycles. The minimum atomic E-state index is -0.517. The van der Waals surface area contributed by atoms with Crippen molar-refractivity contribution < 1.29 is 14.2 Å². The summed E-state index contributed by atoms with van der Waals surface area (Å²) >= 11 is 6.95. The van der Waals surface area contributed by atoms with Crippen LogP contribution in [0, 0.1) is 5.82 Å². The maximum absolute atomic E-state index is 14.7. The molecule has 0 aromatic heterocycles. The van der Waals surface area contributed by atoms with E-state index in [2.05, 4.69) is 42.5 Å². The SMILES string of the molecule is CCOc1cccc(C2C=C(c3cccc(Br)c3)NC(c3cc(Br)ccc3F)N2)c1O. The Kier molecular flexibility index (Phi) is 6.65. The maximum atomic E-state index is 14.7. The number of halogens is 3. The summed E-state index contributed by atoms with van der Waals surface area (Å²) in [6.45, 7) is 2.31. The fourth-order valence-electron chi connectivity index (χ4n) is 3.62. The molecule has 3 aromatic rings. The second-order valence-corrected chi connectivity index (χ2v) is 8.94. The first-order valence-electron chi connectivity index (χ1n) is 9.86. The Labute approximate surface area is 197 Å². The molecule has 0 spiro atoms. The van der Waals surface area contributed by atoms with Crippen LogP contribution in [-0.4, -0.2) is 11.7 Å². The number of para-hydroxylation sites is 1. The van der Waals surface area contributed by atoms with E-state index in [1.54, 1.807) is 18.2 Å². The zero-order chi connectivity index (χ0) is 22.0. The summed E-state index contributed by atoms with van der Waals surface area (Å²) < 4.78 is 22.0. The monoisotopic (exact) mass is 546 g/mol. The summed E-state index contributed by atoms with van der Waals surface area (Å²) in [4.78, 5) is 0. The third-order valence-corrected chi connectivity index (χ3v) is 6.04. The summed E-state index contributed by atoms with van der Waals surface area (Å²) in [5, 5.41) is 17.6. The summed E-state index contributed by atoms with van der Waals surface area (Å²) in [6.07, 6.45) is 1.47. The van der Waals surface area contributed by atoms with Crippen molar-refractivity contribution in [2.45, 2.75) is 19.1 Å². The highest BCUT2D eigenvalue weighted by Gasteiger charge is 2.28. The van der Waals surface area contributed by atoms with Crippen LogP contribution in [0.15, 0.2) is 75.7 Å². The molecular formula is C24H21Br2FN2O2. The van der Waals surface area contributed by atoms with Crippen molar-refractivity contribution in [1.82, 2.24) is 10.6 Å². The first-order valence-corrected chi connectivity index (χ1v) is 11.4. The molecule has 0 bridgehead atoms. The second-order valence-electron chi connectivity index (χ2n) is 7.11. The van der Waals surface area contributed by atoms with Crippen molar-refractivity contribution in [3.63, 3.8) is 0 Å². The van der Waals surface area contributed by atoms with Crippen LogP contribution < -0.4 is 15.4 Å². The molecule has 0 amide bonds. The second kappa shape index (κ2) is 9.42. The van der Waals surface area contributed by atoms with Gasteiger partial charge in [0.05, 0.1) is 12.6 Å². The molecular weight excluding hydrogens is 527 g/mol. The number of ether oxygens (including phenoxy) is 1. The molecule has 7 heteroatoms. The standard InChI is InChI=1S/C24H21Br2FN2O2/c1-2-31-22-8-4-7-17(23(22)30)21-13-20(14-5-3-6-15(25)11-14)28-24(29-21)18-12-16(26)9-10-19(18)27/h3-13,21,24,28-30H,2H2,1H3. The third kappa shape index (κ3) is 4.79. The Morgan fingerprint density at radius 3 is 2.55 bits per heavy atom.